The lowest BCUT2D eigenvalue weighted by Gasteiger charge is -2.09. The van der Waals surface area contributed by atoms with Gasteiger partial charge in [-0.15, -0.1) is 0 Å². The van der Waals surface area contributed by atoms with Gasteiger partial charge in [0.25, 0.3) is 0 Å². The van der Waals surface area contributed by atoms with Crippen LogP contribution >= 0.6 is 0 Å². The number of nitrogens with zero attached hydrogens (tertiary/aromatic N) is 2. The van der Waals surface area contributed by atoms with E-state index in [1.54, 1.807) is 7.05 Å². The van der Waals surface area contributed by atoms with Gasteiger partial charge in [0.2, 0.25) is 0 Å². The Balaban J connectivity index is 2.44. The average molecular weight is 271 g/mol. The zero-order chi connectivity index (χ0) is 14.0. The summed E-state index contributed by atoms with van der Waals surface area (Å²) in [7, 11) is 1.64. The molecule has 0 aliphatic rings. The van der Waals surface area contributed by atoms with Crippen LogP contribution in [0.25, 0.3) is 11.3 Å². The van der Waals surface area contributed by atoms with Crippen molar-refractivity contribution in [3.8, 4) is 11.3 Å². The van der Waals surface area contributed by atoms with Crippen molar-refractivity contribution in [2.24, 2.45) is 0 Å². The van der Waals surface area contributed by atoms with Crippen LogP contribution in [0.2, 0.25) is 0 Å². The molecule has 2 rings (SSSR count). The normalized spacial score (nSPS) is 11.4. The minimum Gasteiger partial charge on any atom is -0.373 e. The lowest BCUT2D eigenvalue weighted by molar-refractivity contribution is -0.139. The molecule has 0 amide bonds. The van der Waals surface area contributed by atoms with Crippen molar-refractivity contribution in [2.45, 2.75) is 6.18 Å². The highest BCUT2D eigenvalue weighted by atomic mass is 19.4. The summed E-state index contributed by atoms with van der Waals surface area (Å²) in [5.74, 6) is -0.833. The van der Waals surface area contributed by atoms with Crippen LogP contribution in [0.5, 0.6) is 0 Å². The largest absolute Gasteiger partial charge is 0.419 e. The van der Waals surface area contributed by atoms with Crippen LogP contribution < -0.4 is 5.32 Å². The maximum Gasteiger partial charge on any atom is 0.419 e. The van der Waals surface area contributed by atoms with Gasteiger partial charge in [0.15, 0.2) is 0 Å². The van der Waals surface area contributed by atoms with E-state index in [0.717, 1.165) is 6.07 Å². The lowest BCUT2D eigenvalue weighted by Crippen LogP contribution is -2.08. The van der Waals surface area contributed by atoms with Crippen LogP contribution in [0.15, 0.2) is 30.6 Å². The van der Waals surface area contributed by atoms with E-state index in [4.69, 9.17) is 0 Å². The van der Waals surface area contributed by atoms with E-state index in [1.807, 2.05) is 0 Å². The number of halogens is 4. The molecule has 100 valence electrons. The van der Waals surface area contributed by atoms with Crippen molar-refractivity contribution in [3.63, 3.8) is 0 Å². The second-order valence-electron chi connectivity index (χ2n) is 3.73. The Kier molecular flexibility index (Phi) is 3.37. The number of anilines is 1. The molecule has 1 heterocycles. The number of hydrogen-bond acceptors (Lipinski definition) is 3. The fourth-order valence-electron chi connectivity index (χ4n) is 1.56. The van der Waals surface area contributed by atoms with Crippen LogP contribution in [-0.4, -0.2) is 17.0 Å². The molecule has 2 aromatic rings. The van der Waals surface area contributed by atoms with E-state index < -0.39 is 17.6 Å². The van der Waals surface area contributed by atoms with Crippen molar-refractivity contribution >= 4 is 5.82 Å². The summed E-state index contributed by atoms with van der Waals surface area (Å²) in [6.07, 6.45) is -3.46. The summed E-state index contributed by atoms with van der Waals surface area (Å²) in [5, 5.41) is 2.76. The van der Waals surface area contributed by atoms with E-state index in [0.29, 0.717) is 17.6 Å². The number of aromatic nitrogens is 2. The third-order valence-electron chi connectivity index (χ3n) is 2.49. The number of nitrogens with one attached hydrogen (secondary N) is 1. The Morgan fingerprint density at radius 2 is 1.84 bits per heavy atom. The maximum atomic E-state index is 13.4. The van der Waals surface area contributed by atoms with Gasteiger partial charge in [0.05, 0.1) is 11.3 Å². The molecule has 19 heavy (non-hydrogen) atoms. The molecule has 1 aromatic carbocycles. The van der Waals surface area contributed by atoms with Gasteiger partial charge in [-0.1, -0.05) is 6.07 Å². The zero-order valence-corrected chi connectivity index (χ0v) is 9.79. The first-order valence-electron chi connectivity index (χ1n) is 5.28. The van der Waals surface area contributed by atoms with Crippen LogP contribution in [0, 0.1) is 5.82 Å². The summed E-state index contributed by atoms with van der Waals surface area (Å²) < 4.78 is 50.7. The van der Waals surface area contributed by atoms with Crippen molar-refractivity contribution in [1.29, 1.82) is 0 Å². The highest BCUT2D eigenvalue weighted by Crippen LogP contribution is 2.33. The van der Waals surface area contributed by atoms with Gasteiger partial charge in [-0.3, -0.25) is 0 Å². The predicted octanol–water partition coefficient (Wildman–Crippen LogP) is 3.34. The first-order valence-corrected chi connectivity index (χ1v) is 5.28. The standard InChI is InChI=1S/C12H9F4N3/c1-17-11-5-10(18-6-19-11)7-2-3-8(9(13)4-7)12(14,15)16/h2-6H,1H3,(H,17,18,19). The van der Waals surface area contributed by atoms with Crippen LogP contribution in [-0.2, 0) is 6.18 Å². The Morgan fingerprint density at radius 1 is 1.11 bits per heavy atom. The number of benzene rings is 1. The Hall–Kier alpha value is -2.18. The molecule has 0 spiro atoms. The van der Waals surface area contributed by atoms with E-state index in [2.05, 4.69) is 15.3 Å². The van der Waals surface area contributed by atoms with Crippen LogP contribution in [0.4, 0.5) is 23.4 Å². The minimum absolute atomic E-state index is 0.254. The molecule has 0 atom stereocenters. The second-order valence-corrected chi connectivity index (χ2v) is 3.73. The highest BCUT2D eigenvalue weighted by molar-refractivity contribution is 5.62. The van der Waals surface area contributed by atoms with Crippen LogP contribution in [0.3, 0.4) is 0 Å². The minimum atomic E-state index is -4.70. The quantitative estimate of drug-likeness (QED) is 0.851. The van der Waals surface area contributed by atoms with Gasteiger partial charge >= 0.3 is 6.18 Å². The zero-order valence-electron chi connectivity index (χ0n) is 9.79. The molecule has 1 N–H and O–H groups in total. The van der Waals surface area contributed by atoms with Crippen molar-refractivity contribution in [3.05, 3.63) is 42.0 Å². The molecule has 0 radical (unpaired) electrons. The van der Waals surface area contributed by atoms with E-state index in [1.165, 1.54) is 18.5 Å². The first kappa shape index (κ1) is 13.3. The molecule has 0 fully saturated rings. The Bertz CT molecular complexity index is 596. The third-order valence-corrected chi connectivity index (χ3v) is 2.49. The number of alkyl halides is 3. The molecular weight excluding hydrogens is 262 g/mol. The maximum absolute atomic E-state index is 13.4. The highest BCUT2D eigenvalue weighted by Gasteiger charge is 2.33. The van der Waals surface area contributed by atoms with Gasteiger partial charge in [-0.2, -0.15) is 13.2 Å². The SMILES string of the molecule is CNc1cc(-c2ccc(C(F)(F)F)c(F)c2)ncn1. The molecule has 0 bridgehead atoms. The fraction of sp³-hybridized carbons (Fsp3) is 0.167. The fourth-order valence-corrected chi connectivity index (χ4v) is 1.56. The summed E-state index contributed by atoms with van der Waals surface area (Å²) in [4.78, 5) is 7.76. The molecule has 0 aliphatic heterocycles. The van der Waals surface area contributed by atoms with Crippen molar-refractivity contribution < 1.29 is 17.6 Å². The average Bonchev–Trinajstić information content (AvgIpc) is 2.37. The van der Waals surface area contributed by atoms with Gasteiger partial charge in [0, 0.05) is 18.7 Å². The van der Waals surface area contributed by atoms with Crippen molar-refractivity contribution in [2.75, 3.05) is 12.4 Å². The molecular formula is C12H9F4N3. The number of hydrogen-bond donors (Lipinski definition) is 1. The smallest absolute Gasteiger partial charge is 0.373 e. The molecule has 0 saturated carbocycles. The first-order chi connectivity index (χ1) is 8.91. The number of rotatable bonds is 2. The Morgan fingerprint density at radius 3 is 2.42 bits per heavy atom. The predicted molar refractivity (Wildman–Crippen MR) is 62.0 cm³/mol. The third kappa shape index (κ3) is 2.81. The lowest BCUT2D eigenvalue weighted by atomic mass is 10.1. The monoisotopic (exact) mass is 271 g/mol. The summed E-state index contributed by atoms with van der Waals surface area (Å²) in [5.41, 5.74) is -0.699. The molecule has 1 aromatic heterocycles. The van der Waals surface area contributed by atoms with E-state index in [-0.39, 0.29) is 5.56 Å². The van der Waals surface area contributed by atoms with Gasteiger partial charge < -0.3 is 5.32 Å². The summed E-state index contributed by atoms with van der Waals surface area (Å²) in [6.45, 7) is 0. The Labute approximate surface area is 106 Å². The van der Waals surface area contributed by atoms with Gasteiger partial charge in [0.1, 0.15) is 18.0 Å². The molecule has 0 saturated heterocycles. The summed E-state index contributed by atoms with van der Waals surface area (Å²) >= 11 is 0. The van der Waals surface area contributed by atoms with Crippen LogP contribution in [0.1, 0.15) is 5.56 Å². The second kappa shape index (κ2) is 4.83. The van der Waals surface area contributed by atoms with Crippen molar-refractivity contribution in [1.82, 2.24) is 9.97 Å². The van der Waals surface area contributed by atoms with E-state index >= 15 is 0 Å². The molecule has 0 unspecified atom stereocenters. The van der Waals surface area contributed by atoms with Gasteiger partial charge in [-0.25, -0.2) is 14.4 Å². The molecule has 0 aliphatic carbocycles. The molecule has 7 heteroatoms. The molecule has 3 nitrogen and oxygen atoms in total. The van der Waals surface area contributed by atoms with E-state index in [9.17, 15) is 17.6 Å². The van der Waals surface area contributed by atoms with Gasteiger partial charge in [-0.05, 0) is 12.1 Å². The topological polar surface area (TPSA) is 37.8 Å². The summed E-state index contributed by atoms with van der Waals surface area (Å²) in [6, 6.07) is 4.20.